The zero-order valence-electron chi connectivity index (χ0n) is 11.3. The number of carbonyl (C=O) groups is 2. The van der Waals surface area contributed by atoms with E-state index in [9.17, 15) is 9.59 Å². The number of hydrogen-bond donors (Lipinski definition) is 2. The maximum atomic E-state index is 11.8. The first-order valence-electron chi connectivity index (χ1n) is 6.04. The molecule has 98 valence electrons. The minimum Gasteiger partial charge on any atom is -0.350 e. The van der Waals surface area contributed by atoms with Crippen LogP contribution in [0.25, 0.3) is 0 Å². The van der Waals surface area contributed by atoms with Crippen LogP contribution < -0.4 is 10.6 Å². The van der Waals surface area contributed by atoms with Crippen molar-refractivity contribution in [1.82, 2.24) is 15.5 Å². The van der Waals surface area contributed by atoms with Gasteiger partial charge in [0.1, 0.15) is 0 Å². The lowest BCUT2D eigenvalue weighted by molar-refractivity contribution is -0.129. The Morgan fingerprint density at radius 1 is 1.47 bits per heavy atom. The summed E-state index contributed by atoms with van der Waals surface area (Å²) < 4.78 is 0. The molecule has 5 heteroatoms. The van der Waals surface area contributed by atoms with Gasteiger partial charge in [-0.05, 0) is 34.1 Å². The van der Waals surface area contributed by atoms with Crippen LogP contribution in [0.15, 0.2) is 0 Å². The largest absolute Gasteiger partial charge is 0.350 e. The summed E-state index contributed by atoms with van der Waals surface area (Å²) in [5.74, 6) is 0.000242. The molecule has 0 aliphatic carbocycles. The highest BCUT2D eigenvalue weighted by Gasteiger charge is 2.31. The van der Waals surface area contributed by atoms with E-state index in [2.05, 4.69) is 10.6 Å². The molecule has 2 amide bonds. The van der Waals surface area contributed by atoms with Crippen LogP contribution in [0, 0.1) is 0 Å². The highest BCUT2D eigenvalue weighted by Crippen LogP contribution is 2.09. The molecule has 1 heterocycles. The van der Waals surface area contributed by atoms with Crippen molar-refractivity contribution in [3.63, 3.8) is 0 Å². The zero-order valence-corrected chi connectivity index (χ0v) is 11.3. The first kappa shape index (κ1) is 14.0. The normalized spacial score (nSPS) is 22.8. The van der Waals surface area contributed by atoms with Gasteiger partial charge >= 0.3 is 0 Å². The van der Waals surface area contributed by atoms with Gasteiger partial charge in [-0.3, -0.25) is 14.9 Å². The number of likely N-dealkylation sites (N-methyl/N-ethyl adjacent to an activating group) is 1. The Morgan fingerprint density at radius 3 is 2.47 bits per heavy atom. The van der Waals surface area contributed by atoms with E-state index in [0.29, 0.717) is 0 Å². The van der Waals surface area contributed by atoms with Crippen molar-refractivity contribution in [2.75, 3.05) is 13.6 Å². The number of nitrogens with one attached hydrogen (secondary N) is 2. The Bertz CT molecular complexity index is 309. The van der Waals surface area contributed by atoms with Gasteiger partial charge in [0, 0.05) is 19.1 Å². The van der Waals surface area contributed by atoms with Crippen molar-refractivity contribution in [1.29, 1.82) is 0 Å². The van der Waals surface area contributed by atoms with Crippen LogP contribution in [-0.2, 0) is 9.59 Å². The molecule has 1 aliphatic rings. The summed E-state index contributed by atoms with van der Waals surface area (Å²) in [5.41, 5.74) is -0.247. The minimum atomic E-state index is -0.352. The minimum absolute atomic E-state index is 0.0696. The maximum Gasteiger partial charge on any atom is 0.239 e. The molecule has 0 spiro atoms. The monoisotopic (exact) mass is 241 g/mol. The van der Waals surface area contributed by atoms with Crippen LogP contribution in [0.5, 0.6) is 0 Å². The topological polar surface area (TPSA) is 61.4 Å². The van der Waals surface area contributed by atoms with Gasteiger partial charge < -0.3 is 10.2 Å². The van der Waals surface area contributed by atoms with E-state index in [1.54, 1.807) is 18.9 Å². The molecule has 2 N–H and O–H groups in total. The van der Waals surface area contributed by atoms with Crippen LogP contribution in [0.4, 0.5) is 0 Å². The molecule has 1 fully saturated rings. The lowest BCUT2D eigenvalue weighted by atomic mass is 10.1. The number of nitrogens with zero attached hydrogens (tertiary/aromatic N) is 1. The Labute approximate surface area is 103 Å². The molecular formula is C12H23N3O2. The molecule has 2 unspecified atom stereocenters. The van der Waals surface area contributed by atoms with E-state index in [-0.39, 0.29) is 29.4 Å². The smallest absolute Gasteiger partial charge is 0.239 e. The molecule has 0 aromatic heterocycles. The van der Waals surface area contributed by atoms with E-state index in [0.717, 1.165) is 13.0 Å². The average Bonchev–Trinajstić information content (AvgIpc) is 2.47. The first-order chi connectivity index (χ1) is 7.70. The van der Waals surface area contributed by atoms with Gasteiger partial charge in [0.05, 0.1) is 12.1 Å². The molecule has 1 saturated heterocycles. The van der Waals surface area contributed by atoms with E-state index >= 15 is 0 Å². The predicted octanol–water partition coefficient (Wildman–Crippen LogP) is 0.110. The predicted molar refractivity (Wildman–Crippen MR) is 66.5 cm³/mol. The van der Waals surface area contributed by atoms with Crippen LogP contribution in [0.1, 0.15) is 34.1 Å². The van der Waals surface area contributed by atoms with Crippen LogP contribution in [0.2, 0.25) is 0 Å². The molecule has 0 saturated carbocycles. The van der Waals surface area contributed by atoms with E-state index in [1.807, 2.05) is 20.8 Å². The average molecular weight is 241 g/mol. The number of rotatable bonds is 3. The second-order valence-corrected chi connectivity index (χ2v) is 5.73. The summed E-state index contributed by atoms with van der Waals surface area (Å²) in [7, 11) is 1.78. The van der Waals surface area contributed by atoms with Crippen LogP contribution in [0.3, 0.4) is 0 Å². The Kier molecular flexibility index (Phi) is 4.14. The fourth-order valence-corrected chi connectivity index (χ4v) is 1.83. The third kappa shape index (κ3) is 4.00. The van der Waals surface area contributed by atoms with Crippen LogP contribution in [-0.4, -0.2) is 47.9 Å². The van der Waals surface area contributed by atoms with Crippen molar-refractivity contribution in [3.05, 3.63) is 0 Å². The SMILES string of the molecule is CC(NC1CCN(C)C1=O)C(=O)NC(C)(C)C. The second-order valence-electron chi connectivity index (χ2n) is 5.73. The van der Waals surface area contributed by atoms with Gasteiger partial charge in [-0.1, -0.05) is 0 Å². The molecular weight excluding hydrogens is 218 g/mol. The quantitative estimate of drug-likeness (QED) is 0.737. The number of carbonyl (C=O) groups excluding carboxylic acids is 2. The summed E-state index contributed by atoms with van der Waals surface area (Å²) in [6.07, 6.45) is 0.766. The highest BCUT2D eigenvalue weighted by molar-refractivity contribution is 5.86. The summed E-state index contributed by atoms with van der Waals surface area (Å²) in [6.45, 7) is 8.35. The molecule has 5 nitrogen and oxygen atoms in total. The van der Waals surface area contributed by atoms with Crippen LogP contribution >= 0.6 is 0 Å². The van der Waals surface area contributed by atoms with Crippen molar-refractivity contribution < 1.29 is 9.59 Å². The molecule has 17 heavy (non-hydrogen) atoms. The van der Waals surface area contributed by atoms with E-state index in [4.69, 9.17) is 0 Å². The third-order valence-electron chi connectivity index (χ3n) is 2.77. The zero-order chi connectivity index (χ0) is 13.2. The lowest BCUT2D eigenvalue weighted by Gasteiger charge is -2.25. The molecule has 0 radical (unpaired) electrons. The van der Waals surface area contributed by atoms with Crippen molar-refractivity contribution in [3.8, 4) is 0 Å². The first-order valence-corrected chi connectivity index (χ1v) is 6.04. The highest BCUT2D eigenvalue weighted by atomic mass is 16.2. The molecule has 0 bridgehead atoms. The molecule has 2 atom stereocenters. The molecule has 0 aromatic rings. The number of likely N-dealkylation sites (tertiary alicyclic amines) is 1. The number of amides is 2. The third-order valence-corrected chi connectivity index (χ3v) is 2.77. The Hall–Kier alpha value is -1.10. The van der Waals surface area contributed by atoms with Crippen molar-refractivity contribution in [2.45, 2.75) is 51.7 Å². The van der Waals surface area contributed by atoms with Gasteiger partial charge in [-0.25, -0.2) is 0 Å². The molecule has 1 aliphatic heterocycles. The molecule has 1 rings (SSSR count). The van der Waals surface area contributed by atoms with Crippen molar-refractivity contribution >= 4 is 11.8 Å². The summed E-state index contributed by atoms with van der Waals surface area (Å²) in [4.78, 5) is 25.2. The summed E-state index contributed by atoms with van der Waals surface area (Å²) in [6, 6.07) is -0.574. The van der Waals surface area contributed by atoms with Crippen molar-refractivity contribution in [2.24, 2.45) is 0 Å². The van der Waals surface area contributed by atoms with Gasteiger partial charge in [-0.15, -0.1) is 0 Å². The standard InChI is InChI=1S/C12H23N3O2/c1-8(10(16)14-12(2,3)4)13-9-6-7-15(5)11(9)17/h8-9,13H,6-7H2,1-5H3,(H,14,16). The van der Waals surface area contributed by atoms with Gasteiger partial charge in [0.15, 0.2) is 0 Å². The van der Waals surface area contributed by atoms with E-state index < -0.39 is 0 Å². The lowest BCUT2D eigenvalue weighted by Crippen LogP contribution is -2.53. The van der Waals surface area contributed by atoms with Gasteiger partial charge in [0.2, 0.25) is 11.8 Å². The summed E-state index contributed by atoms with van der Waals surface area (Å²) in [5, 5.41) is 5.97. The fraction of sp³-hybridized carbons (Fsp3) is 0.833. The Morgan fingerprint density at radius 2 is 2.06 bits per heavy atom. The number of hydrogen-bond acceptors (Lipinski definition) is 3. The summed E-state index contributed by atoms with van der Waals surface area (Å²) >= 11 is 0. The Balaban J connectivity index is 2.47. The van der Waals surface area contributed by atoms with Gasteiger partial charge in [0.25, 0.3) is 0 Å². The fourth-order valence-electron chi connectivity index (χ4n) is 1.83. The van der Waals surface area contributed by atoms with E-state index in [1.165, 1.54) is 0 Å². The maximum absolute atomic E-state index is 11.8. The molecule has 0 aromatic carbocycles. The second kappa shape index (κ2) is 5.04. The van der Waals surface area contributed by atoms with Gasteiger partial charge in [-0.2, -0.15) is 0 Å².